The highest BCUT2D eigenvalue weighted by Gasteiger charge is 1.84. The van der Waals surface area contributed by atoms with E-state index in [1.807, 2.05) is 24.3 Å². The van der Waals surface area contributed by atoms with E-state index < -0.39 is 0 Å². The minimum absolute atomic E-state index is 0.969. The fourth-order valence-corrected chi connectivity index (χ4v) is 1.01. The summed E-state index contributed by atoms with van der Waals surface area (Å²) in [6.07, 6.45) is 6.93. The van der Waals surface area contributed by atoms with Gasteiger partial charge in [0.25, 0.3) is 0 Å². The molecule has 0 bridgehead atoms. The van der Waals surface area contributed by atoms with Crippen molar-refractivity contribution in [1.82, 2.24) is 9.97 Å². The van der Waals surface area contributed by atoms with Crippen LogP contribution in [0.5, 0.6) is 0 Å². The van der Waals surface area contributed by atoms with Crippen LogP contribution in [0.1, 0.15) is 11.1 Å². The van der Waals surface area contributed by atoms with Crippen LogP contribution in [0.15, 0.2) is 49.1 Å². The number of hydrogen-bond donors (Lipinski definition) is 0. The molecule has 2 rings (SSSR count). The van der Waals surface area contributed by atoms with E-state index in [0.29, 0.717) is 0 Å². The van der Waals surface area contributed by atoms with E-state index in [1.165, 1.54) is 0 Å². The maximum absolute atomic E-state index is 3.92. The number of hydrogen-bond acceptors (Lipinski definition) is 2. The minimum atomic E-state index is 0.969. The van der Waals surface area contributed by atoms with Crippen LogP contribution in [-0.2, 0) is 0 Å². The molecule has 0 aromatic carbocycles. The van der Waals surface area contributed by atoms with Gasteiger partial charge in [-0.1, -0.05) is 11.8 Å². The average molecular weight is 180 g/mol. The van der Waals surface area contributed by atoms with Crippen molar-refractivity contribution in [3.05, 3.63) is 60.2 Å². The molecule has 0 atom stereocenters. The van der Waals surface area contributed by atoms with Gasteiger partial charge in [0.2, 0.25) is 0 Å². The molecular weight excluding hydrogens is 172 g/mol. The van der Waals surface area contributed by atoms with Crippen molar-refractivity contribution < 1.29 is 0 Å². The Morgan fingerprint density at radius 2 is 1.00 bits per heavy atom. The molecule has 66 valence electrons. The SMILES string of the molecule is C(#Cc1ccncc1)c1ccncc1. The van der Waals surface area contributed by atoms with Crippen LogP contribution in [0.25, 0.3) is 0 Å². The number of aromatic nitrogens is 2. The van der Waals surface area contributed by atoms with Crippen molar-refractivity contribution >= 4 is 0 Å². The fourth-order valence-electron chi connectivity index (χ4n) is 1.01. The molecular formula is C12H8N2. The topological polar surface area (TPSA) is 25.8 Å². The summed E-state index contributed by atoms with van der Waals surface area (Å²) in [4.78, 5) is 7.85. The Kier molecular flexibility index (Phi) is 2.54. The molecule has 0 aliphatic heterocycles. The number of rotatable bonds is 0. The molecule has 2 heterocycles. The second-order valence-corrected chi connectivity index (χ2v) is 2.72. The molecule has 14 heavy (non-hydrogen) atoms. The Labute approximate surface area is 82.7 Å². The van der Waals surface area contributed by atoms with Gasteiger partial charge < -0.3 is 0 Å². The lowest BCUT2D eigenvalue weighted by molar-refractivity contribution is 1.32. The van der Waals surface area contributed by atoms with Gasteiger partial charge in [0.1, 0.15) is 0 Å². The Bertz CT molecular complexity index is 408. The first kappa shape index (κ1) is 8.46. The van der Waals surface area contributed by atoms with Gasteiger partial charge in [-0.2, -0.15) is 0 Å². The lowest BCUT2D eigenvalue weighted by Gasteiger charge is -1.87. The van der Waals surface area contributed by atoms with Crippen LogP contribution < -0.4 is 0 Å². The number of nitrogens with zero attached hydrogens (tertiary/aromatic N) is 2. The molecule has 0 saturated heterocycles. The van der Waals surface area contributed by atoms with Crippen LogP contribution in [0, 0.1) is 11.8 Å². The fraction of sp³-hybridized carbons (Fsp3) is 0. The monoisotopic (exact) mass is 180 g/mol. The van der Waals surface area contributed by atoms with Gasteiger partial charge in [0, 0.05) is 35.9 Å². The summed E-state index contributed by atoms with van der Waals surface area (Å²) in [7, 11) is 0. The Balaban J connectivity index is 2.24. The van der Waals surface area contributed by atoms with Crippen LogP contribution in [0.2, 0.25) is 0 Å². The highest BCUT2D eigenvalue weighted by atomic mass is 14.6. The Hall–Kier alpha value is -2.14. The van der Waals surface area contributed by atoms with Crippen LogP contribution >= 0.6 is 0 Å². The van der Waals surface area contributed by atoms with Crippen LogP contribution in [0.4, 0.5) is 0 Å². The van der Waals surface area contributed by atoms with Gasteiger partial charge in [0.05, 0.1) is 0 Å². The molecule has 2 nitrogen and oxygen atoms in total. The van der Waals surface area contributed by atoms with Crippen molar-refractivity contribution in [3.63, 3.8) is 0 Å². The zero-order valence-electron chi connectivity index (χ0n) is 7.51. The molecule has 0 aliphatic rings. The molecule has 2 aromatic rings. The highest BCUT2D eigenvalue weighted by Crippen LogP contribution is 1.96. The molecule has 0 radical (unpaired) electrons. The highest BCUT2D eigenvalue weighted by molar-refractivity contribution is 5.40. The van der Waals surface area contributed by atoms with Crippen molar-refractivity contribution in [2.45, 2.75) is 0 Å². The van der Waals surface area contributed by atoms with Gasteiger partial charge in [0.15, 0.2) is 0 Å². The van der Waals surface area contributed by atoms with Gasteiger partial charge in [-0.3, -0.25) is 9.97 Å². The third-order valence-electron chi connectivity index (χ3n) is 1.71. The summed E-state index contributed by atoms with van der Waals surface area (Å²) >= 11 is 0. The summed E-state index contributed by atoms with van der Waals surface area (Å²) in [5, 5.41) is 0. The largest absolute Gasteiger partial charge is 0.265 e. The summed E-state index contributed by atoms with van der Waals surface area (Å²) in [6.45, 7) is 0. The molecule has 0 amide bonds. The third kappa shape index (κ3) is 2.18. The van der Waals surface area contributed by atoms with E-state index in [9.17, 15) is 0 Å². The van der Waals surface area contributed by atoms with E-state index in [-0.39, 0.29) is 0 Å². The first-order chi connectivity index (χ1) is 6.95. The molecule has 2 aromatic heterocycles. The third-order valence-corrected chi connectivity index (χ3v) is 1.71. The van der Waals surface area contributed by atoms with Crippen molar-refractivity contribution in [1.29, 1.82) is 0 Å². The van der Waals surface area contributed by atoms with Gasteiger partial charge >= 0.3 is 0 Å². The molecule has 0 aliphatic carbocycles. The Morgan fingerprint density at radius 1 is 0.643 bits per heavy atom. The first-order valence-corrected chi connectivity index (χ1v) is 4.27. The molecule has 0 spiro atoms. The van der Waals surface area contributed by atoms with Crippen molar-refractivity contribution in [2.75, 3.05) is 0 Å². The lowest BCUT2D eigenvalue weighted by Crippen LogP contribution is -1.76. The normalized spacial score (nSPS) is 8.86. The molecule has 0 saturated carbocycles. The summed E-state index contributed by atoms with van der Waals surface area (Å²) in [5.41, 5.74) is 1.94. The van der Waals surface area contributed by atoms with Gasteiger partial charge in [-0.05, 0) is 24.3 Å². The van der Waals surface area contributed by atoms with E-state index in [1.54, 1.807) is 24.8 Å². The average Bonchev–Trinajstić information content (AvgIpc) is 2.29. The molecule has 2 heteroatoms. The van der Waals surface area contributed by atoms with Crippen molar-refractivity contribution in [2.24, 2.45) is 0 Å². The van der Waals surface area contributed by atoms with Gasteiger partial charge in [-0.25, -0.2) is 0 Å². The zero-order valence-corrected chi connectivity index (χ0v) is 7.51. The summed E-state index contributed by atoms with van der Waals surface area (Å²) in [6, 6.07) is 7.53. The van der Waals surface area contributed by atoms with E-state index >= 15 is 0 Å². The van der Waals surface area contributed by atoms with Crippen molar-refractivity contribution in [3.8, 4) is 11.8 Å². The predicted octanol–water partition coefficient (Wildman–Crippen LogP) is 1.88. The zero-order chi connectivity index (χ0) is 9.64. The summed E-state index contributed by atoms with van der Waals surface area (Å²) in [5.74, 6) is 6.09. The molecule has 0 fully saturated rings. The van der Waals surface area contributed by atoms with Crippen LogP contribution in [-0.4, -0.2) is 9.97 Å². The second kappa shape index (κ2) is 4.20. The maximum Gasteiger partial charge on any atom is 0.0280 e. The van der Waals surface area contributed by atoms with Crippen LogP contribution in [0.3, 0.4) is 0 Å². The summed E-state index contributed by atoms with van der Waals surface area (Å²) < 4.78 is 0. The second-order valence-electron chi connectivity index (χ2n) is 2.72. The predicted molar refractivity (Wildman–Crippen MR) is 54.5 cm³/mol. The lowest BCUT2D eigenvalue weighted by atomic mass is 10.2. The Morgan fingerprint density at radius 3 is 1.36 bits per heavy atom. The smallest absolute Gasteiger partial charge is 0.0280 e. The van der Waals surface area contributed by atoms with E-state index in [0.717, 1.165) is 11.1 Å². The minimum Gasteiger partial charge on any atom is -0.265 e. The molecule has 0 N–H and O–H groups in total. The maximum atomic E-state index is 3.92. The van der Waals surface area contributed by atoms with Gasteiger partial charge in [-0.15, -0.1) is 0 Å². The molecule has 0 unspecified atom stereocenters. The van der Waals surface area contributed by atoms with E-state index in [2.05, 4.69) is 21.8 Å². The number of pyridine rings is 2. The quantitative estimate of drug-likeness (QED) is 0.578. The first-order valence-electron chi connectivity index (χ1n) is 4.27. The van der Waals surface area contributed by atoms with E-state index in [4.69, 9.17) is 0 Å². The standard InChI is InChI=1S/C12H8N2/c1(11-3-7-13-8-4-11)2-12-5-9-14-10-6-12/h3-10H.